The summed E-state index contributed by atoms with van der Waals surface area (Å²) in [6, 6.07) is 2.11. The van der Waals surface area contributed by atoms with Gasteiger partial charge in [-0.25, -0.2) is 19.4 Å². The van der Waals surface area contributed by atoms with Crippen molar-refractivity contribution in [2.45, 2.75) is 18.4 Å². The molecule has 1 spiro atoms. The second-order valence-electron chi connectivity index (χ2n) is 6.24. The van der Waals surface area contributed by atoms with E-state index in [9.17, 15) is 4.39 Å². The number of ether oxygens (including phenoxy) is 2. The predicted molar refractivity (Wildman–Crippen MR) is 82.4 cm³/mol. The SMILES string of the molecule is FCCOc1cc(NC2=NC[C@@]3(CN4CCC3CC4)O2)ncn1. The van der Waals surface area contributed by atoms with Gasteiger partial charge in [0.25, 0.3) is 6.02 Å². The van der Waals surface area contributed by atoms with Crippen LogP contribution in [0.5, 0.6) is 5.88 Å². The van der Waals surface area contributed by atoms with Gasteiger partial charge in [0.2, 0.25) is 5.88 Å². The summed E-state index contributed by atoms with van der Waals surface area (Å²) >= 11 is 0. The molecule has 3 saturated heterocycles. The lowest BCUT2D eigenvalue weighted by Gasteiger charge is -2.50. The third-order valence-electron chi connectivity index (χ3n) is 4.82. The highest BCUT2D eigenvalue weighted by Gasteiger charge is 2.51. The summed E-state index contributed by atoms with van der Waals surface area (Å²) in [6.45, 7) is 3.39. The van der Waals surface area contributed by atoms with Crippen LogP contribution in [0.1, 0.15) is 12.8 Å². The molecule has 23 heavy (non-hydrogen) atoms. The van der Waals surface area contributed by atoms with E-state index in [1.54, 1.807) is 6.07 Å². The Morgan fingerprint density at radius 2 is 2.26 bits per heavy atom. The molecule has 0 saturated carbocycles. The van der Waals surface area contributed by atoms with E-state index in [1.807, 2.05) is 0 Å². The molecule has 1 aromatic heterocycles. The van der Waals surface area contributed by atoms with Crippen LogP contribution in [0.15, 0.2) is 17.4 Å². The average molecular weight is 321 g/mol. The van der Waals surface area contributed by atoms with Crippen molar-refractivity contribution in [3.63, 3.8) is 0 Å². The summed E-state index contributed by atoms with van der Waals surface area (Å²) < 4.78 is 23.5. The Bertz CT molecular complexity index is 605. The number of rotatable bonds is 4. The molecule has 4 aliphatic rings. The van der Waals surface area contributed by atoms with Crippen molar-refractivity contribution in [3.8, 4) is 5.88 Å². The Morgan fingerprint density at radius 1 is 1.39 bits per heavy atom. The molecule has 0 unspecified atom stereocenters. The van der Waals surface area contributed by atoms with Crippen LogP contribution in [-0.2, 0) is 4.74 Å². The maximum atomic E-state index is 12.2. The summed E-state index contributed by atoms with van der Waals surface area (Å²) in [4.78, 5) is 15.0. The number of hydrogen-bond donors (Lipinski definition) is 1. The van der Waals surface area contributed by atoms with Crippen molar-refractivity contribution in [2.75, 3.05) is 44.8 Å². The Labute approximate surface area is 133 Å². The molecule has 3 fully saturated rings. The van der Waals surface area contributed by atoms with E-state index >= 15 is 0 Å². The summed E-state index contributed by atoms with van der Waals surface area (Å²) in [5, 5.41) is 3.07. The molecule has 8 heteroatoms. The lowest BCUT2D eigenvalue weighted by atomic mass is 9.75. The highest BCUT2D eigenvalue weighted by atomic mass is 19.1. The van der Waals surface area contributed by atoms with Gasteiger partial charge < -0.3 is 9.47 Å². The number of hydrogen-bond acceptors (Lipinski definition) is 7. The molecule has 7 nitrogen and oxygen atoms in total. The van der Waals surface area contributed by atoms with Crippen LogP contribution < -0.4 is 10.1 Å². The second-order valence-corrected chi connectivity index (χ2v) is 6.24. The zero-order valence-corrected chi connectivity index (χ0v) is 12.9. The first-order valence-electron chi connectivity index (χ1n) is 8.01. The van der Waals surface area contributed by atoms with Gasteiger partial charge in [0.15, 0.2) is 0 Å². The molecule has 5 rings (SSSR count). The fourth-order valence-electron chi connectivity index (χ4n) is 3.69. The fourth-order valence-corrected chi connectivity index (χ4v) is 3.69. The number of aromatic nitrogens is 2. The van der Waals surface area contributed by atoms with Gasteiger partial charge in [0.1, 0.15) is 31.0 Å². The molecule has 0 amide bonds. The predicted octanol–water partition coefficient (Wildman–Crippen LogP) is 1.09. The van der Waals surface area contributed by atoms with Gasteiger partial charge >= 0.3 is 0 Å². The molecule has 1 N–H and O–H groups in total. The zero-order chi connectivity index (χ0) is 15.7. The average Bonchev–Trinajstić information content (AvgIpc) is 2.96. The van der Waals surface area contributed by atoms with Crippen LogP contribution in [0.3, 0.4) is 0 Å². The van der Waals surface area contributed by atoms with Crippen molar-refractivity contribution in [2.24, 2.45) is 10.9 Å². The molecule has 0 aliphatic carbocycles. The van der Waals surface area contributed by atoms with Gasteiger partial charge in [0, 0.05) is 18.5 Å². The number of nitrogens with one attached hydrogen (secondary N) is 1. The molecular weight excluding hydrogens is 301 g/mol. The van der Waals surface area contributed by atoms with E-state index in [2.05, 4.69) is 25.2 Å². The highest BCUT2D eigenvalue weighted by Crippen LogP contribution is 2.40. The van der Waals surface area contributed by atoms with Gasteiger partial charge in [-0.1, -0.05) is 0 Å². The van der Waals surface area contributed by atoms with E-state index in [4.69, 9.17) is 9.47 Å². The number of piperidine rings is 3. The minimum absolute atomic E-state index is 0.0193. The molecule has 1 atom stereocenters. The molecule has 2 bridgehead atoms. The van der Waals surface area contributed by atoms with Gasteiger partial charge in [-0.3, -0.25) is 10.2 Å². The largest absolute Gasteiger partial charge is 0.475 e. The second kappa shape index (κ2) is 5.92. The van der Waals surface area contributed by atoms with Crippen LogP contribution in [-0.4, -0.2) is 66.0 Å². The van der Waals surface area contributed by atoms with E-state index in [0.29, 0.717) is 30.2 Å². The first-order valence-corrected chi connectivity index (χ1v) is 8.01. The molecule has 1 aromatic rings. The van der Waals surface area contributed by atoms with E-state index in [-0.39, 0.29) is 12.2 Å². The topological polar surface area (TPSA) is 71.9 Å². The number of alkyl halides is 1. The number of nitrogens with zero attached hydrogens (tertiary/aromatic N) is 4. The quantitative estimate of drug-likeness (QED) is 0.895. The van der Waals surface area contributed by atoms with Crippen molar-refractivity contribution in [1.82, 2.24) is 14.9 Å². The lowest BCUT2D eigenvalue weighted by molar-refractivity contribution is -0.0829. The van der Waals surface area contributed by atoms with E-state index < -0.39 is 6.67 Å². The molecule has 124 valence electrons. The molecular formula is C15H20FN5O2. The van der Waals surface area contributed by atoms with Crippen molar-refractivity contribution in [3.05, 3.63) is 12.4 Å². The molecule has 5 heterocycles. The van der Waals surface area contributed by atoms with E-state index in [1.165, 1.54) is 32.3 Å². The zero-order valence-electron chi connectivity index (χ0n) is 12.9. The Hall–Kier alpha value is -1.96. The van der Waals surface area contributed by atoms with Crippen molar-refractivity contribution in [1.29, 1.82) is 0 Å². The van der Waals surface area contributed by atoms with Gasteiger partial charge in [-0.05, 0) is 25.9 Å². The number of fused-ring (bicyclic) bond motifs is 2. The minimum Gasteiger partial charge on any atom is -0.475 e. The minimum atomic E-state index is -0.553. The first-order chi connectivity index (χ1) is 11.3. The Balaban J connectivity index is 1.41. The van der Waals surface area contributed by atoms with Crippen molar-refractivity contribution >= 4 is 11.8 Å². The molecule has 0 aromatic carbocycles. The van der Waals surface area contributed by atoms with Crippen LogP contribution in [0.2, 0.25) is 0 Å². The monoisotopic (exact) mass is 321 g/mol. The normalized spacial score (nSPS) is 31.8. The van der Waals surface area contributed by atoms with Crippen molar-refractivity contribution < 1.29 is 13.9 Å². The number of amidine groups is 1. The summed E-state index contributed by atoms with van der Waals surface area (Å²) in [6.07, 6.45) is 3.73. The molecule has 0 radical (unpaired) electrons. The van der Waals surface area contributed by atoms with Crippen LogP contribution >= 0.6 is 0 Å². The third kappa shape index (κ3) is 2.83. The first kappa shape index (κ1) is 14.6. The Morgan fingerprint density at radius 3 is 3.00 bits per heavy atom. The maximum absolute atomic E-state index is 12.2. The third-order valence-corrected chi connectivity index (χ3v) is 4.82. The summed E-state index contributed by atoms with van der Waals surface area (Å²) in [5.74, 6) is 1.44. The van der Waals surface area contributed by atoms with Crippen LogP contribution in [0, 0.1) is 5.92 Å². The van der Waals surface area contributed by atoms with E-state index in [0.717, 1.165) is 6.54 Å². The fraction of sp³-hybridized carbons (Fsp3) is 0.667. The summed E-state index contributed by atoms with van der Waals surface area (Å²) in [5.41, 5.74) is -0.181. The number of halogens is 1. The van der Waals surface area contributed by atoms with Gasteiger partial charge in [0.05, 0.1) is 6.54 Å². The Kier molecular flexibility index (Phi) is 3.76. The van der Waals surface area contributed by atoms with Crippen LogP contribution in [0.25, 0.3) is 0 Å². The number of anilines is 1. The number of aliphatic imine (C=N–C) groups is 1. The van der Waals surface area contributed by atoms with Gasteiger partial charge in [-0.2, -0.15) is 0 Å². The maximum Gasteiger partial charge on any atom is 0.291 e. The highest BCUT2D eigenvalue weighted by molar-refractivity contribution is 5.89. The summed E-state index contributed by atoms with van der Waals surface area (Å²) in [7, 11) is 0. The smallest absolute Gasteiger partial charge is 0.291 e. The standard InChI is InChI=1S/C15H20FN5O2/c16-3-6-22-13-7-12(18-10-19-13)20-14-17-8-15(23-14)9-21-4-1-11(15)2-5-21/h7,10-11H,1-6,8-9H2,(H,17,18,19,20)/t15-/m0/s1. The van der Waals surface area contributed by atoms with Gasteiger partial charge in [-0.15, -0.1) is 0 Å². The van der Waals surface area contributed by atoms with Crippen LogP contribution in [0.4, 0.5) is 10.2 Å². The molecule has 4 aliphatic heterocycles. The lowest BCUT2D eigenvalue weighted by Crippen LogP contribution is -2.61.